The molecule has 1 heterocycles. The van der Waals surface area contributed by atoms with Crippen molar-refractivity contribution in [3.63, 3.8) is 0 Å². The normalized spacial score (nSPS) is 16.4. The van der Waals surface area contributed by atoms with Crippen molar-refractivity contribution in [2.45, 2.75) is 31.6 Å². The average Bonchev–Trinajstić information content (AvgIpc) is 2.55. The van der Waals surface area contributed by atoms with Gasteiger partial charge >= 0.3 is 0 Å². The highest BCUT2D eigenvalue weighted by atomic mass is 127. The summed E-state index contributed by atoms with van der Waals surface area (Å²) in [7, 11) is -3.67. The number of guanidine groups is 1. The molecule has 0 amide bonds. The molecule has 8 heteroatoms. The first-order valence-electron chi connectivity index (χ1n) is 8.44. The molecule has 0 saturated carbocycles. The molecule has 5 nitrogen and oxygen atoms in total. The largest absolute Gasteiger partial charge is 0.357 e. The Hall–Kier alpha value is -0.900. The van der Waals surface area contributed by atoms with E-state index in [1.165, 1.54) is 18.2 Å². The van der Waals surface area contributed by atoms with Gasteiger partial charge in [-0.25, -0.2) is 12.8 Å². The molecule has 1 fully saturated rings. The smallest absolute Gasteiger partial charge is 0.193 e. The Morgan fingerprint density at radius 3 is 2.56 bits per heavy atom. The average molecular weight is 483 g/mol. The Labute approximate surface area is 167 Å². The van der Waals surface area contributed by atoms with Crippen LogP contribution >= 0.6 is 24.0 Å². The van der Waals surface area contributed by atoms with Gasteiger partial charge in [0, 0.05) is 19.6 Å². The molecule has 0 aromatic heterocycles. The molecule has 0 bridgehead atoms. The zero-order valence-corrected chi connectivity index (χ0v) is 17.9. The first-order valence-corrected chi connectivity index (χ1v) is 10.1. The van der Waals surface area contributed by atoms with Gasteiger partial charge in [0.2, 0.25) is 0 Å². The molecule has 0 spiro atoms. The molecule has 1 aliphatic heterocycles. The summed E-state index contributed by atoms with van der Waals surface area (Å²) in [5.74, 6) is 0.546. The van der Waals surface area contributed by atoms with Crippen LogP contribution in [0.15, 0.2) is 34.2 Å². The summed E-state index contributed by atoms with van der Waals surface area (Å²) < 4.78 is 38.2. The van der Waals surface area contributed by atoms with Gasteiger partial charge in [-0.2, -0.15) is 0 Å². The van der Waals surface area contributed by atoms with Crippen molar-refractivity contribution in [3.05, 3.63) is 30.1 Å². The minimum Gasteiger partial charge on any atom is -0.357 e. The molecule has 1 aliphatic rings. The maximum absolute atomic E-state index is 13.7. The number of hydrogen-bond donors (Lipinski definition) is 1. The highest BCUT2D eigenvalue weighted by Crippen LogP contribution is 2.17. The minimum absolute atomic E-state index is 0. The summed E-state index contributed by atoms with van der Waals surface area (Å²) in [6.45, 7) is 6.91. The van der Waals surface area contributed by atoms with E-state index in [2.05, 4.69) is 22.1 Å². The van der Waals surface area contributed by atoms with Gasteiger partial charge in [0.05, 0.1) is 12.3 Å². The number of nitrogens with one attached hydrogen (secondary N) is 1. The number of sulfone groups is 1. The van der Waals surface area contributed by atoms with Crippen molar-refractivity contribution < 1.29 is 12.8 Å². The van der Waals surface area contributed by atoms with E-state index in [1.807, 2.05) is 6.92 Å². The number of hydrogen-bond acceptors (Lipinski definition) is 3. The van der Waals surface area contributed by atoms with Crippen molar-refractivity contribution in [1.82, 2.24) is 10.2 Å². The summed E-state index contributed by atoms with van der Waals surface area (Å²) in [6.07, 6.45) is 2.22. The third kappa shape index (κ3) is 6.40. The lowest BCUT2D eigenvalue weighted by molar-refractivity contribution is 0.273. The van der Waals surface area contributed by atoms with Crippen molar-refractivity contribution in [1.29, 1.82) is 0 Å². The van der Waals surface area contributed by atoms with Crippen LogP contribution in [0.2, 0.25) is 0 Å². The number of likely N-dealkylation sites (tertiary alicyclic amines) is 1. The van der Waals surface area contributed by atoms with Gasteiger partial charge in [-0.05, 0) is 37.8 Å². The maximum atomic E-state index is 13.7. The van der Waals surface area contributed by atoms with Crippen LogP contribution < -0.4 is 5.32 Å². The lowest BCUT2D eigenvalue weighted by Crippen LogP contribution is -2.45. The fourth-order valence-corrected chi connectivity index (χ4v) is 3.93. The van der Waals surface area contributed by atoms with Crippen molar-refractivity contribution in [2.24, 2.45) is 10.9 Å². The van der Waals surface area contributed by atoms with Crippen LogP contribution in [0.25, 0.3) is 0 Å². The van der Waals surface area contributed by atoms with E-state index in [4.69, 9.17) is 0 Å². The first-order chi connectivity index (χ1) is 11.4. The molecule has 0 radical (unpaired) electrons. The molecule has 0 atom stereocenters. The van der Waals surface area contributed by atoms with Crippen LogP contribution in [0.5, 0.6) is 0 Å². The van der Waals surface area contributed by atoms with Gasteiger partial charge in [-0.1, -0.05) is 19.1 Å². The van der Waals surface area contributed by atoms with Crippen LogP contribution in [-0.4, -0.2) is 51.2 Å². The number of nitrogens with zero attached hydrogens (tertiary/aromatic N) is 2. The van der Waals surface area contributed by atoms with Gasteiger partial charge in [-0.3, -0.25) is 4.99 Å². The topological polar surface area (TPSA) is 61.8 Å². The molecule has 1 N–H and O–H groups in total. The second-order valence-electron chi connectivity index (χ2n) is 6.15. The summed E-state index contributed by atoms with van der Waals surface area (Å²) in [5.41, 5.74) is 0. The van der Waals surface area contributed by atoms with E-state index in [0.29, 0.717) is 5.92 Å². The quantitative estimate of drug-likeness (QED) is 0.398. The Bertz CT molecular complexity index is 674. The second kappa shape index (κ2) is 10.3. The molecular weight excluding hydrogens is 456 g/mol. The fourth-order valence-electron chi connectivity index (χ4n) is 2.72. The second-order valence-corrected chi connectivity index (χ2v) is 8.23. The highest BCUT2D eigenvalue weighted by molar-refractivity contribution is 14.0. The summed E-state index contributed by atoms with van der Waals surface area (Å²) in [4.78, 5) is 6.35. The Morgan fingerprint density at radius 1 is 1.32 bits per heavy atom. The van der Waals surface area contributed by atoms with Crippen LogP contribution in [0.3, 0.4) is 0 Å². The van der Waals surface area contributed by atoms with E-state index in [1.54, 1.807) is 0 Å². The first kappa shape index (κ1) is 22.1. The van der Waals surface area contributed by atoms with E-state index < -0.39 is 15.7 Å². The molecule has 1 aromatic rings. The SMILES string of the molecule is CCNC(=NCCS(=O)(=O)c1ccccc1F)N1CCC(C)CC1.I. The number of piperidine rings is 1. The van der Waals surface area contributed by atoms with Crippen LogP contribution in [0.1, 0.15) is 26.7 Å². The van der Waals surface area contributed by atoms with Gasteiger partial charge in [-0.15, -0.1) is 24.0 Å². The summed E-state index contributed by atoms with van der Waals surface area (Å²) >= 11 is 0. The predicted molar refractivity (Wildman–Crippen MR) is 110 cm³/mol. The fraction of sp³-hybridized carbons (Fsp3) is 0.588. The molecule has 0 aliphatic carbocycles. The third-order valence-electron chi connectivity index (χ3n) is 4.21. The van der Waals surface area contributed by atoms with E-state index in [0.717, 1.165) is 44.5 Å². The van der Waals surface area contributed by atoms with E-state index in [9.17, 15) is 12.8 Å². The zero-order chi connectivity index (χ0) is 17.6. The van der Waals surface area contributed by atoms with Crippen LogP contribution in [0, 0.1) is 11.7 Å². The van der Waals surface area contributed by atoms with Gasteiger partial charge < -0.3 is 10.2 Å². The van der Waals surface area contributed by atoms with Crippen LogP contribution in [0.4, 0.5) is 4.39 Å². The molecule has 142 valence electrons. The molecular formula is C17H27FIN3O2S. The Balaban J connectivity index is 0.00000312. The number of rotatable bonds is 5. The lowest BCUT2D eigenvalue weighted by atomic mass is 10.00. The van der Waals surface area contributed by atoms with Crippen LogP contribution in [-0.2, 0) is 9.84 Å². The van der Waals surface area contributed by atoms with Gasteiger partial charge in [0.1, 0.15) is 10.7 Å². The third-order valence-corrected chi connectivity index (χ3v) is 5.93. The van der Waals surface area contributed by atoms with Crippen molar-refractivity contribution >= 4 is 39.8 Å². The molecule has 1 saturated heterocycles. The molecule has 25 heavy (non-hydrogen) atoms. The summed E-state index contributed by atoms with van der Waals surface area (Å²) in [5, 5.41) is 3.21. The predicted octanol–water partition coefficient (Wildman–Crippen LogP) is 2.91. The number of aliphatic imine (C=N–C) groups is 1. The maximum Gasteiger partial charge on any atom is 0.193 e. The number of benzene rings is 1. The Kier molecular flexibility index (Phi) is 9.12. The van der Waals surface area contributed by atoms with E-state index >= 15 is 0 Å². The molecule has 0 unspecified atom stereocenters. The lowest BCUT2D eigenvalue weighted by Gasteiger charge is -2.33. The van der Waals surface area contributed by atoms with Gasteiger partial charge in [0.25, 0.3) is 0 Å². The molecule has 2 rings (SSSR count). The van der Waals surface area contributed by atoms with Crippen molar-refractivity contribution in [3.8, 4) is 0 Å². The Morgan fingerprint density at radius 2 is 1.96 bits per heavy atom. The minimum atomic E-state index is -3.67. The number of halogens is 2. The van der Waals surface area contributed by atoms with E-state index in [-0.39, 0.29) is 41.2 Å². The van der Waals surface area contributed by atoms with Gasteiger partial charge in [0.15, 0.2) is 15.8 Å². The monoisotopic (exact) mass is 483 g/mol. The zero-order valence-electron chi connectivity index (χ0n) is 14.7. The summed E-state index contributed by atoms with van der Waals surface area (Å²) in [6, 6.07) is 5.46. The van der Waals surface area contributed by atoms with Crippen molar-refractivity contribution in [2.75, 3.05) is 31.9 Å². The highest BCUT2D eigenvalue weighted by Gasteiger charge is 2.20. The molecule has 1 aromatic carbocycles. The standard InChI is InChI=1S/C17H26FN3O2S.HI/c1-3-19-17(21-11-8-14(2)9-12-21)20-10-13-24(22,23)16-7-5-4-6-15(16)18;/h4-7,14H,3,8-13H2,1-2H3,(H,19,20);1H.